The van der Waals surface area contributed by atoms with Crippen LogP contribution in [0.5, 0.6) is 5.75 Å². The molecule has 1 N–H and O–H groups in total. The summed E-state index contributed by atoms with van der Waals surface area (Å²) >= 11 is 1.62. The van der Waals surface area contributed by atoms with Gasteiger partial charge in [0.25, 0.3) is 0 Å². The van der Waals surface area contributed by atoms with Crippen LogP contribution in [0.4, 0.5) is 11.5 Å². The second-order valence-corrected chi connectivity index (χ2v) is 6.40. The lowest BCUT2D eigenvalue weighted by molar-refractivity contribution is 0.415. The van der Waals surface area contributed by atoms with E-state index < -0.39 is 0 Å². The van der Waals surface area contributed by atoms with Gasteiger partial charge in [-0.1, -0.05) is 6.07 Å². The first-order valence-corrected chi connectivity index (χ1v) is 9.04. The van der Waals surface area contributed by atoms with Crippen molar-refractivity contribution in [2.75, 3.05) is 36.7 Å². The number of ether oxygens (including phenoxy) is 1. The molecule has 0 amide bonds. The molecule has 2 heterocycles. The number of nitrogens with one attached hydrogen (secondary N) is 1. The minimum absolute atomic E-state index is 0.483. The Morgan fingerprint density at radius 1 is 1.17 bits per heavy atom. The Morgan fingerprint density at radius 2 is 2.00 bits per heavy atom. The first-order valence-electron chi connectivity index (χ1n) is 7.82. The van der Waals surface area contributed by atoms with E-state index >= 15 is 0 Å². The average molecular weight is 330 g/mol. The number of aromatic nitrogens is 2. The predicted molar refractivity (Wildman–Crippen MR) is 95.7 cm³/mol. The molecule has 6 heteroatoms. The minimum Gasteiger partial charge on any atom is -0.497 e. The number of nitrogens with zero attached hydrogens (tertiary/aromatic N) is 3. The highest BCUT2D eigenvalue weighted by atomic mass is 32.2. The Hall–Kier alpha value is -1.95. The van der Waals surface area contributed by atoms with Crippen LogP contribution in [0.1, 0.15) is 12.8 Å². The van der Waals surface area contributed by atoms with Gasteiger partial charge < -0.3 is 15.0 Å². The molecule has 1 aliphatic rings. The summed E-state index contributed by atoms with van der Waals surface area (Å²) in [6, 6.07) is 12.7. The molecule has 0 aliphatic carbocycles. The van der Waals surface area contributed by atoms with E-state index in [1.165, 1.54) is 0 Å². The van der Waals surface area contributed by atoms with Crippen LogP contribution < -0.4 is 15.0 Å². The van der Waals surface area contributed by atoms with Crippen molar-refractivity contribution in [2.45, 2.75) is 23.9 Å². The molecule has 5 nitrogen and oxygen atoms in total. The first kappa shape index (κ1) is 15.9. The van der Waals surface area contributed by atoms with E-state index in [1.807, 2.05) is 30.5 Å². The van der Waals surface area contributed by atoms with Crippen LogP contribution in [-0.2, 0) is 0 Å². The maximum atomic E-state index is 5.27. The van der Waals surface area contributed by atoms with Gasteiger partial charge in [0.2, 0.25) is 0 Å². The Balaban J connectivity index is 1.55. The van der Waals surface area contributed by atoms with Crippen molar-refractivity contribution >= 4 is 23.3 Å². The molecule has 1 fully saturated rings. The van der Waals surface area contributed by atoms with Crippen LogP contribution in [0.15, 0.2) is 41.4 Å². The van der Waals surface area contributed by atoms with E-state index in [2.05, 4.69) is 32.5 Å². The third kappa shape index (κ3) is 4.07. The summed E-state index contributed by atoms with van der Waals surface area (Å²) in [5, 5.41) is 13.1. The van der Waals surface area contributed by atoms with E-state index in [-0.39, 0.29) is 0 Å². The maximum Gasteiger partial charge on any atom is 0.151 e. The van der Waals surface area contributed by atoms with Gasteiger partial charge in [-0.25, -0.2) is 0 Å². The fraction of sp³-hybridized carbons (Fsp3) is 0.412. The molecular formula is C17H22N4OS. The second kappa shape index (κ2) is 7.55. The zero-order valence-corrected chi connectivity index (χ0v) is 14.3. The van der Waals surface area contributed by atoms with Crippen LogP contribution in [0.25, 0.3) is 0 Å². The molecule has 1 aromatic heterocycles. The maximum absolute atomic E-state index is 5.27. The third-order valence-electron chi connectivity index (χ3n) is 4.09. The molecule has 122 valence electrons. The molecule has 0 bridgehead atoms. The quantitative estimate of drug-likeness (QED) is 0.849. The van der Waals surface area contributed by atoms with Crippen LogP contribution in [0, 0.1) is 0 Å². The van der Waals surface area contributed by atoms with E-state index in [0.29, 0.717) is 6.04 Å². The fourth-order valence-corrected chi connectivity index (χ4v) is 3.12. The number of rotatable bonds is 5. The minimum atomic E-state index is 0.483. The molecule has 0 radical (unpaired) electrons. The van der Waals surface area contributed by atoms with Crippen LogP contribution >= 0.6 is 11.8 Å². The Kier molecular flexibility index (Phi) is 5.23. The summed E-state index contributed by atoms with van der Waals surface area (Å²) < 4.78 is 5.27. The summed E-state index contributed by atoms with van der Waals surface area (Å²) in [5.41, 5.74) is 1.12. The number of piperidine rings is 1. The Labute approximate surface area is 141 Å². The van der Waals surface area contributed by atoms with Gasteiger partial charge in [0.15, 0.2) is 5.82 Å². The fourth-order valence-electron chi connectivity index (χ4n) is 2.79. The summed E-state index contributed by atoms with van der Waals surface area (Å²) in [6.45, 7) is 1.99. The van der Waals surface area contributed by atoms with Gasteiger partial charge in [0.1, 0.15) is 10.8 Å². The smallest absolute Gasteiger partial charge is 0.151 e. The molecule has 1 aliphatic heterocycles. The van der Waals surface area contributed by atoms with Crippen LogP contribution in [-0.4, -0.2) is 42.7 Å². The van der Waals surface area contributed by atoms with Crippen molar-refractivity contribution in [2.24, 2.45) is 0 Å². The molecule has 3 rings (SSSR count). The molecule has 0 unspecified atom stereocenters. The predicted octanol–water partition coefficient (Wildman–Crippen LogP) is 3.29. The first-order chi connectivity index (χ1) is 11.3. The third-order valence-corrected chi connectivity index (χ3v) is 4.73. The van der Waals surface area contributed by atoms with E-state index in [9.17, 15) is 0 Å². The lowest BCUT2D eigenvalue weighted by atomic mass is 10.0. The SMILES string of the molecule is COc1cccc(NC2CCN(c3ccc(SC)nn3)CC2)c1. The van der Waals surface area contributed by atoms with Crippen LogP contribution in [0.3, 0.4) is 0 Å². The van der Waals surface area contributed by atoms with Crippen molar-refractivity contribution in [1.29, 1.82) is 0 Å². The summed E-state index contributed by atoms with van der Waals surface area (Å²) in [7, 11) is 1.70. The molecule has 2 aromatic rings. The van der Waals surface area contributed by atoms with E-state index in [0.717, 1.165) is 48.2 Å². The van der Waals surface area contributed by atoms with Gasteiger partial charge in [-0.05, 0) is 43.4 Å². The molecule has 0 spiro atoms. The number of benzene rings is 1. The van der Waals surface area contributed by atoms with Crippen molar-refractivity contribution < 1.29 is 4.74 Å². The summed E-state index contributed by atoms with van der Waals surface area (Å²) in [4.78, 5) is 2.31. The van der Waals surface area contributed by atoms with Gasteiger partial charge in [-0.3, -0.25) is 0 Å². The number of hydrogen-bond acceptors (Lipinski definition) is 6. The zero-order valence-electron chi connectivity index (χ0n) is 13.5. The van der Waals surface area contributed by atoms with Gasteiger partial charge in [0.05, 0.1) is 7.11 Å². The van der Waals surface area contributed by atoms with E-state index in [4.69, 9.17) is 4.74 Å². The zero-order chi connectivity index (χ0) is 16.1. The number of hydrogen-bond donors (Lipinski definition) is 1. The van der Waals surface area contributed by atoms with Gasteiger partial charge in [0, 0.05) is 30.9 Å². The lowest BCUT2D eigenvalue weighted by Gasteiger charge is -2.33. The highest BCUT2D eigenvalue weighted by Gasteiger charge is 2.20. The standard InChI is InChI=1S/C17H22N4OS/c1-22-15-5-3-4-14(12-15)18-13-8-10-21(11-9-13)16-6-7-17(23-2)20-19-16/h3-7,12-13,18H,8-11H2,1-2H3. The van der Waals surface area contributed by atoms with Gasteiger partial charge in [-0.15, -0.1) is 22.0 Å². The molecule has 1 saturated heterocycles. The van der Waals surface area contributed by atoms with E-state index in [1.54, 1.807) is 18.9 Å². The van der Waals surface area contributed by atoms with Crippen molar-refractivity contribution in [3.63, 3.8) is 0 Å². The largest absolute Gasteiger partial charge is 0.497 e. The highest BCUT2D eigenvalue weighted by Crippen LogP contribution is 2.23. The number of thioether (sulfide) groups is 1. The highest BCUT2D eigenvalue weighted by molar-refractivity contribution is 7.98. The van der Waals surface area contributed by atoms with Crippen LogP contribution in [0.2, 0.25) is 0 Å². The topological polar surface area (TPSA) is 50.3 Å². The Morgan fingerprint density at radius 3 is 2.65 bits per heavy atom. The lowest BCUT2D eigenvalue weighted by Crippen LogP contribution is -2.39. The van der Waals surface area contributed by atoms with Crippen molar-refractivity contribution in [3.05, 3.63) is 36.4 Å². The molecule has 23 heavy (non-hydrogen) atoms. The Bertz CT molecular complexity index is 627. The summed E-state index contributed by atoms with van der Waals surface area (Å²) in [6.07, 6.45) is 4.19. The van der Waals surface area contributed by atoms with Crippen molar-refractivity contribution in [3.8, 4) is 5.75 Å². The monoisotopic (exact) mass is 330 g/mol. The van der Waals surface area contributed by atoms with Crippen molar-refractivity contribution in [1.82, 2.24) is 10.2 Å². The second-order valence-electron chi connectivity index (χ2n) is 5.57. The number of methoxy groups -OCH3 is 1. The molecule has 1 aromatic carbocycles. The van der Waals surface area contributed by atoms with Gasteiger partial charge >= 0.3 is 0 Å². The number of anilines is 2. The summed E-state index contributed by atoms with van der Waals surface area (Å²) in [5.74, 6) is 1.86. The molecule has 0 saturated carbocycles. The molecule has 0 atom stereocenters. The average Bonchev–Trinajstić information content (AvgIpc) is 2.63. The normalized spacial score (nSPS) is 15.5. The molecular weight excluding hydrogens is 308 g/mol. The van der Waals surface area contributed by atoms with Gasteiger partial charge in [-0.2, -0.15) is 0 Å².